The van der Waals surface area contributed by atoms with Gasteiger partial charge in [0.05, 0.1) is 6.20 Å². The molecule has 1 rings (SSSR count). The summed E-state index contributed by atoms with van der Waals surface area (Å²) in [5, 5.41) is 16.4. The van der Waals surface area contributed by atoms with Crippen LogP contribution in [0.5, 0.6) is 0 Å². The van der Waals surface area contributed by atoms with Gasteiger partial charge in [0.1, 0.15) is 0 Å². The summed E-state index contributed by atoms with van der Waals surface area (Å²) in [5.74, 6) is 0.524. The van der Waals surface area contributed by atoms with E-state index in [1.165, 1.54) is 5.56 Å². The topological polar surface area (TPSA) is 50.1 Å². The van der Waals surface area contributed by atoms with Crippen molar-refractivity contribution in [2.45, 2.75) is 39.8 Å². The third-order valence-electron chi connectivity index (χ3n) is 2.58. The van der Waals surface area contributed by atoms with Crippen molar-refractivity contribution in [2.75, 3.05) is 13.2 Å². The number of aliphatic hydroxyl groups excluding tert-OH is 1. The van der Waals surface area contributed by atoms with Crippen LogP contribution in [0.4, 0.5) is 0 Å². The highest BCUT2D eigenvalue weighted by Crippen LogP contribution is 2.01. The van der Waals surface area contributed by atoms with Gasteiger partial charge < -0.3 is 10.4 Å². The van der Waals surface area contributed by atoms with Gasteiger partial charge in [0.25, 0.3) is 0 Å². The molecule has 0 aliphatic heterocycles. The van der Waals surface area contributed by atoms with E-state index in [9.17, 15) is 0 Å². The van der Waals surface area contributed by atoms with Crippen LogP contribution in [0.3, 0.4) is 0 Å². The van der Waals surface area contributed by atoms with Crippen LogP contribution in [0.15, 0.2) is 12.4 Å². The lowest BCUT2D eigenvalue weighted by atomic mass is 10.1. The van der Waals surface area contributed by atoms with Gasteiger partial charge in [-0.15, -0.1) is 0 Å². The van der Waals surface area contributed by atoms with Crippen molar-refractivity contribution in [2.24, 2.45) is 5.92 Å². The summed E-state index contributed by atoms with van der Waals surface area (Å²) in [6, 6.07) is 0. The monoisotopic (exact) mass is 225 g/mol. The fraction of sp³-hybridized carbons (Fsp3) is 0.750. The van der Waals surface area contributed by atoms with E-state index in [4.69, 9.17) is 5.11 Å². The molecule has 16 heavy (non-hydrogen) atoms. The number of hydrogen-bond acceptors (Lipinski definition) is 3. The standard InChI is InChI=1S/C12H23N3O/c1-3-5-15-10-12(9-14-15)8-13-7-11(2)4-6-16/h9-11,13,16H,3-8H2,1-2H3. The maximum absolute atomic E-state index is 8.77. The van der Waals surface area contributed by atoms with Crippen molar-refractivity contribution in [3.05, 3.63) is 18.0 Å². The van der Waals surface area contributed by atoms with Crippen LogP contribution in [0.2, 0.25) is 0 Å². The molecule has 1 aromatic heterocycles. The summed E-state index contributed by atoms with van der Waals surface area (Å²) >= 11 is 0. The van der Waals surface area contributed by atoms with Crippen LogP contribution in [-0.4, -0.2) is 28.0 Å². The van der Waals surface area contributed by atoms with E-state index in [-0.39, 0.29) is 6.61 Å². The predicted octanol–water partition coefficient (Wildman–Crippen LogP) is 1.40. The van der Waals surface area contributed by atoms with E-state index >= 15 is 0 Å². The molecular formula is C12H23N3O. The number of rotatable bonds is 8. The Bertz CT molecular complexity index is 286. The lowest BCUT2D eigenvalue weighted by Gasteiger charge is -2.09. The average Bonchev–Trinajstić information content (AvgIpc) is 2.67. The molecule has 0 fully saturated rings. The minimum atomic E-state index is 0.275. The van der Waals surface area contributed by atoms with Crippen LogP contribution >= 0.6 is 0 Å². The summed E-state index contributed by atoms with van der Waals surface area (Å²) in [6.45, 7) is 7.36. The molecule has 0 saturated carbocycles. The fourth-order valence-corrected chi connectivity index (χ4v) is 1.63. The van der Waals surface area contributed by atoms with Crippen LogP contribution in [0.1, 0.15) is 32.3 Å². The van der Waals surface area contributed by atoms with E-state index in [1.807, 2.05) is 10.9 Å². The Morgan fingerprint density at radius 1 is 1.56 bits per heavy atom. The second kappa shape index (κ2) is 7.41. The highest BCUT2D eigenvalue weighted by Gasteiger charge is 2.01. The van der Waals surface area contributed by atoms with Crippen molar-refractivity contribution in [3.8, 4) is 0 Å². The van der Waals surface area contributed by atoms with E-state index < -0.39 is 0 Å². The Labute approximate surface area is 97.7 Å². The molecule has 4 nitrogen and oxygen atoms in total. The van der Waals surface area contributed by atoms with Gasteiger partial charge in [0.15, 0.2) is 0 Å². The Balaban J connectivity index is 2.21. The minimum Gasteiger partial charge on any atom is -0.396 e. The molecule has 0 aliphatic rings. The lowest BCUT2D eigenvalue weighted by molar-refractivity contribution is 0.260. The van der Waals surface area contributed by atoms with Gasteiger partial charge in [-0.1, -0.05) is 13.8 Å². The summed E-state index contributed by atoms with van der Waals surface area (Å²) in [6.07, 6.45) is 5.98. The first-order valence-corrected chi connectivity index (χ1v) is 6.09. The Hall–Kier alpha value is -0.870. The smallest absolute Gasteiger partial charge is 0.0534 e. The molecule has 0 amide bonds. The number of aliphatic hydroxyl groups is 1. The maximum atomic E-state index is 8.77. The number of nitrogens with one attached hydrogen (secondary N) is 1. The van der Waals surface area contributed by atoms with Crippen molar-refractivity contribution in [1.82, 2.24) is 15.1 Å². The van der Waals surface area contributed by atoms with Crippen molar-refractivity contribution in [1.29, 1.82) is 0 Å². The number of nitrogens with zero attached hydrogens (tertiary/aromatic N) is 2. The first-order valence-electron chi connectivity index (χ1n) is 6.09. The van der Waals surface area contributed by atoms with Gasteiger partial charge in [-0.2, -0.15) is 5.10 Å². The van der Waals surface area contributed by atoms with Gasteiger partial charge in [0.2, 0.25) is 0 Å². The molecule has 1 heterocycles. The van der Waals surface area contributed by atoms with E-state index in [0.29, 0.717) is 5.92 Å². The first-order chi connectivity index (χ1) is 7.76. The van der Waals surface area contributed by atoms with Crippen LogP contribution in [0.25, 0.3) is 0 Å². The van der Waals surface area contributed by atoms with Gasteiger partial charge in [0, 0.05) is 31.5 Å². The van der Waals surface area contributed by atoms with Crippen LogP contribution < -0.4 is 5.32 Å². The summed E-state index contributed by atoms with van der Waals surface area (Å²) < 4.78 is 1.98. The highest BCUT2D eigenvalue weighted by atomic mass is 16.3. The predicted molar refractivity (Wildman–Crippen MR) is 65.1 cm³/mol. The summed E-state index contributed by atoms with van der Waals surface area (Å²) in [5.41, 5.74) is 1.23. The molecule has 0 aromatic carbocycles. The summed E-state index contributed by atoms with van der Waals surface area (Å²) in [4.78, 5) is 0. The van der Waals surface area contributed by atoms with E-state index in [1.54, 1.807) is 0 Å². The molecule has 1 unspecified atom stereocenters. The van der Waals surface area contributed by atoms with Gasteiger partial charge in [-0.05, 0) is 25.3 Å². The van der Waals surface area contributed by atoms with Gasteiger partial charge >= 0.3 is 0 Å². The average molecular weight is 225 g/mol. The van der Waals surface area contributed by atoms with E-state index in [2.05, 4.69) is 30.5 Å². The second-order valence-corrected chi connectivity index (χ2v) is 4.36. The zero-order chi connectivity index (χ0) is 11.8. The fourth-order valence-electron chi connectivity index (χ4n) is 1.63. The SMILES string of the molecule is CCCn1cc(CNCC(C)CCO)cn1. The van der Waals surface area contributed by atoms with Crippen molar-refractivity contribution >= 4 is 0 Å². The molecule has 0 spiro atoms. The highest BCUT2D eigenvalue weighted by molar-refractivity contribution is 5.03. The maximum Gasteiger partial charge on any atom is 0.0534 e. The molecule has 0 saturated heterocycles. The lowest BCUT2D eigenvalue weighted by Crippen LogP contribution is -2.21. The molecular weight excluding hydrogens is 202 g/mol. The third-order valence-corrected chi connectivity index (χ3v) is 2.58. The number of aromatic nitrogens is 2. The molecule has 1 atom stereocenters. The van der Waals surface area contributed by atoms with E-state index in [0.717, 1.165) is 32.5 Å². The number of hydrogen-bond donors (Lipinski definition) is 2. The van der Waals surface area contributed by atoms with Crippen LogP contribution in [0, 0.1) is 5.92 Å². The molecule has 2 N–H and O–H groups in total. The molecule has 0 radical (unpaired) electrons. The Morgan fingerprint density at radius 2 is 2.38 bits per heavy atom. The molecule has 0 bridgehead atoms. The molecule has 92 valence electrons. The first kappa shape index (κ1) is 13.2. The number of aryl methyl sites for hydroxylation is 1. The van der Waals surface area contributed by atoms with Crippen molar-refractivity contribution in [3.63, 3.8) is 0 Å². The molecule has 0 aliphatic carbocycles. The van der Waals surface area contributed by atoms with Gasteiger partial charge in [-0.25, -0.2) is 0 Å². The largest absolute Gasteiger partial charge is 0.396 e. The third kappa shape index (κ3) is 4.77. The van der Waals surface area contributed by atoms with Crippen LogP contribution in [-0.2, 0) is 13.1 Å². The summed E-state index contributed by atoms with van der Waals surface area (Å²) in [7, 11) is 0. The quantitative estimate of drug-likeness (QED) is 0.703. The molecule has 1 aromatic rings. The molecule has 4 heteroatoms. The van der Waals surface area contributed by atoms with Crippen molar-refractivity contribution < 1.29 is 5.11 Å². The minimum absolute atomic E-state index is 0.275. The Morgan fingerprint density at radius 3 is 3.06 bits per heavy atom. The normalized spacial score (nSPS) is 12.9. The second-order valence-electron chi connectivity index (χ2n) is 4.36. The Kier molecular flexibility index (Phi) is 6.11. The zero-order valence-electron chi connectivity index (χ0n) is 10.3. The van der Waals surface area contributed by atoms with Gasteiger partial charge in [-0.3, -0.25) is 4.68 Å². The zero-order valence-corrected chi connectivity index (χ0v) is 10.3.